The van der Waals surface area contributed by atoms with Gasteiger partial charge in [0, 0.05) is 29.8 Å². The number of nitrogen functional groups attached to an aromatic ring is 1. The lowest BCUT2D eigenvalue weighted by Gasteiger charge is -2.20. The molecule has 1 saturated carbocycles. The topological polar surface area (TPSA) is 215 Å². The fraction of sp³-hybridized carbons (Fsp3) is 0.214. The van der Waals surface area contributed by atoms with Gasteiger partial charge in [-0.25, -0.2) is 19.2 Å². The minimum atomic E-state index is -0.789. The Bertz CT molecular complexity index is 1970. The SMILES string of the molecule is Nc1c(Nc2ccc(F)c(CNC(=O)c3cc(C(=O)N[C@H]4CCC5=CC(c6noc(=O)[nH]6)CC=C54)ncn3)c2)c(=O)c1=O. The summed E-state index contributed by atoms with van der Waals surface area (Å²) in [6.07, 6.45) is 7.07. The molecule has 43 heavy (non-hydrogen) atoms. The Morgan fingerprint density at radius 1 is 1.09 bits per heavy atom. The molecule has 2 heterocycles. The van der Waals surface area contributed by atoms with E-state index in [4.69, 9.17) is 5.73 Å². The van der Waals surface area contributed by atoms with Gasteiger partial charge in [0.2, 0.25) is 0 Å². The maximum atomic E-state index is 14.4. The van der Waals surface area contributed by atoms with Crippen molar-refractivity contribution in [3.63, 3.8) is 0 Å². The van der Waals surface area contributed by atoms with Crippen molar-refractivity contribution in [2.24, 2.45) is 0 Å². The first-order valence-electron chi connectivity index (χ1n) is 13.2. The van der Waals surface area contributed by atoms with Crippen LogP contribution in [0.5, 0.6) is 0 Å². The van der Waals surface area contributed by atoms with Crippen LogP contribution in [-0.2, 0) is 6.54 Å². The van der Waals surface area contributed by atoms with Crippen molar-refractivity contribution in [3.05, 3.63) is 113 Å². The summed E-state index contributed by atoms with van der Waals surface area (Å²) in [7, 11) is 0. The molecule has 2 aromatic carbocycles. The molecule has 1 unspecified atom stereocenters. The highest BCUT2D eigenvalue weighted by Crippen LogP contribution is 2.38. The summed E-state index contributed by atoms with van der Waals surface area (Å²) in [5, 5.41) is 11.9. The maximum absolute atomic E-state index is 14.4. The van der Waals surface area contributed by atoms with Crippen LogP contribution >= 0.6 is 0 Å². The van der Waals surface area contributed by atoms with Gasteiger partial charge in [0.15, 0.2) is 5.82 Å². The molecule has 0 spiro atoms. The molecular weight excluding hydrogens is 563 g/mol. The zero-order valence-corrected chi connectivity index (χ0v) is 22.3. The van der Waals surface area contributed by atoms with E-state index in [1.807, 2.05) is 12.2 Å². The lowest BCUT2D eigenvalue weighted by Crippen LogP contribution is -2.36. The molecule has 0 radical (unpaired) electrons. The Morgan fingerprint density at radius 3 is 2.63 bits per heavy atom. The van der Waals surface area contributed by atoms with Gasteiger partial charge < -0.3 is 21.7 Å². The molecule has 6 N–H and O–H groups in total. The van der Waals surface area contributed by atoms with Gasteiger partial charge in [-0.1, -0.05) is 17.3 Å². The van der Waals surface area contributed by atoms with E-state index in [1.54, 1.807) is 0 Å². The van der Waals surface area contributed by atoms with Gasteiger partial charge in [0.1, 0.15) is 34.9 Å². The number of amides is 2. The molecule has 2 atom stereocenters. The molecular formula is C28H23FN8O6. The number of aromatic amines is 1. The van der Waals surface area contributed by atoms with E-state index in [2.05, 4.69) is 40.6 Å². The van der Waals surface area contributed by atoms with Crippen molar-refractivity contribution in [3.8, 4) is 0 Å². The molecule has 14 nitrogen and oxygen atoms in total. The number of carbonyl (C=O) groups is 2. The van der Waals surface area contributed by atoms with Crippen LogP contribution in [0, 0.1) is 5.82 Å². The van der Waals surface area contributed by atoms with Crippen molar-refractivity contribution in [2.75, 3.05) is 11.1 Å². The fourth-order valence-corrected chi connectivity index (χ4v) is 5.15. The smallest absolute Gasteiger partial charge is 0.394 e. The molecule has 2 aliphatic carbocycles. The van der Waals surface area contributed by atoms with Gasteiger partial charge >= 0.3 is 5.76 Å². The van der Waals surface area contributed by atoms with Crippen LogP contribution in [0.4, 0.5) is 21.5 Å². The van der Waals surface area contributed by atoms with Crippen LogP contribution in [0.15, 0.2) is 72.8 Å². The Labute approximate surface area is 240 Å². The second kappa shape index (κ2) is 10.9. The first-order chi connectivity index (χ1) is 20.7. The Balaban J connectivity index is 1.08. The number of anilines is 3. The Morgan fingerprint density at radius 2 is 1.88 bits per heavy atom. The number of allylic oxidation sites excluding steroid dienone is 2. The molecule has 0 saturated heterocycles. The van der Waals surface area contributed by atoms with Crippen molar-refractivity contribution in [2.45, 2.75) is 37.8 Å². The van der Waals surface area contributed by atoms with Gasteiger partial charge in [-0.2, -0.15) is 0 Å². The summed E-state index contributed by atoms with van der Waals surface area (Å²) in [6, 6.07) is 4.84. The van der Waals surface area contributed by atoms with Crippen LogP contribution in [0.2, 0.25) is 0 Å². The fourth-order valence-electron chi connectivity index (χ4n) is 5.15. The van der Waals surface area contributed by atoms with E-state index in [1.165, 1.54) is 18.2 Å². The Hall–Kier alpha value is -5.73. The third kappa shape index (κ3) is 5.35. The number of hydrogen-bond acceptors (Lipinski definition) is 11. The van der Waals surface area contributed by atoms with E-state index >= 15 is 0 Å². The number of benzene rings is 1. The lowest BCUT2D eigenvalue weighted by atomic mass is 9.90. The molecule has 2 aliphatic rings. The van der Waals surface area contributed by atoms with Gasteiger partial charge in [-0.05, 0) is 48.6 Å². The van der Waals surface area contributed by atoms with Gasteiger partial charge in [0.25, 0.3) is 22.7 Å². The zero-order chi connectivity index (χ0) is 30.2. The highest BCUT2D eigenvalue weighted by atomic mass is 19.1. The van der Waals surface area contributed by atoms with E-state index in [0.717, 1.165) is 30.0 Å². The summed E-state index contributed by atoms with van der Waals surface area (Å²) >= 11 is 0. The van der Waals surface area contributed by atoms with Crippen LogP contribution in [-0.4, -0.2) is 38.0 Å². The minimum Gasteiger partial charge on any atom is -0.394 e. The molecule has 6 rings (SSSR count). The van der Waals surface area contributed by atoms with Crippen molar-refractivity contribution >= 4 is 28.9 Å². The summed E-state index contributed by atoms with van der Waals surface area (Å²) in [4.78, 5) is 70.6. The second-order valence-corrected chi connectivity index (χ2v) is 10.1. The number of fused-ring (bicyclic) bond motifs is 1. The average molecular weight is 587 g/mol. The normalized spacial score (nSPS) is 17.6. The number of carbonyl (C=O) groups excluding carboxylic acids is 2. The number of nitrogens with one attached hydrogen (secondary N) is 4. The molecule has 0 aliphatic heterocycles. The number of aromatic nitrogens is 4. The summed E-state index contributed by atoms with van der Waals surface area (Å²) in [5.74, 6) is -2.06. The first-order valence-corrected chi connectivity index (χ1v) is 13.2. The summed E-state index contributed by atoms with van der Waals surface area (Å²) in [5.41, 5.74) is 5.99. The van der Waals surface area contributed by atoms with E-state index < -0.39 is 34.2 Å². The molecule has 218 valence electrons. The Kier molecular flexibility index (Phi) is 6.97. The molecule has 2 aromatic heterocycles. The third-order valence-corrected chi connectivity index (χ3v) is 7.39. The maximum Gasteiger partial charge on any atom is 0.438 e. The zero-order valence-electron chi connectivity index (χ0n) is 22.3. The number of H-pyrrole nitrogens is 1. The van der Waals surface area contributed by atoms with Gasteiger partial charge in [-0.3, -0.25) is 28.7 Å². The largest absolute Gasteiger partial charge is 0.438 e. The predicted molar refractivity (Wildman–Crippen MR) is 150 cm³/mol. The minimum absolute atomic E-state index is 0.0185. The monoisotopic (exact) mass is 586 g/mol. The van der Waals surface area contributed by atoms with Gasteiger partial charge in [0.05, 0.1) is 6.04 Å². The van der Waals surface area contributed by atoms with Crippen molar-refractivity contribution in [1.29, 1.82) is 0 Å². The first kappa shape index (κ1) is 27.4. The second-order valence-electron chi connectivity index (χ2n) is 10.1. The van der Waals surface area contributed by atoms with Crippen molar-refractivity contribution in [1.82, 2.24) is 30.7 Å². The van der Waals surface area contributed by atoms with Gasteiger partial charge in [-0.15, -0.1) is 0 Å². The quantitative estimate of drug-likeness (QED) is 0.184. The lowest BCUT2D eigenvalue weighted by molar-refractivity contribution is 0.0938. The molecule has 4 aromatic rings. The van der Waals surface area contributed by atoms with Crippen LogP contribution in [0.25, 0.3) is 0 Å². The van der Waals surface area contributed by atoms with Crippen LogP contribution in [0.1, 0.15) is 57.5 Å². The van der Waals surface area contributed by atoms with E-state index in [9.17, 15) is 28.4 Å². The predicted octanol–water partition coefficient (Wildman–Crippen LogP) is 1.08. The van der Waals surface area contributed by atoms with E-state index in [-0.39, 0.29) is 46.8 Å². The average Bonchev–Trinajstić information content (AvgIpc) is 3.64. The standard InChI is InChI=1S/C28H23FN8O6/c29-17-5-3-15(34-22-21(30)23(38)24(22)39)8-14(17)10-31-26(40)19-9-20(33-11-32-19)27(41)35-18-6-2-12-7-13(1-4-16(12)18)25-36-28(42)43-37-25/h3-5,7-9,11,13,18,34H,1-2,6,10,30H2,(H,31,40)(H,35,41)(H,36,37,42)/t13?,18-/m0/s1. The number of rotatable bonds is 8. The van der Waals surface area contributed by atoms with Crippen molar-refractivity contribution < 1.29 is 18.5 Å². The molecule has 0 bridgehead atoms. The number of nitrogens with zero attached hydrogens (tertiary/aromatic N) is 3. The molecule has 1 fully saturated rings. The highest BCUT2D eigenvalue weighted by Gasteiger charge is 2.31. The van der Waals surface area contributed by atoms with E-state index in [0.29, 0.717) is 24.4 Å². The number of halogens is 1. The summed E-state index contributed by atoms with van der Waals surface area (Å²) in [6.45, 7) is -0.234. The third-order valence-electron chi connectivity index (χ3n) is 7.39. The van der Waals surface area contributed by atoms with Crippen LogP contribution < -0.4 is 38.3 Å². The number of hydrogen-bond donors (Lipinski definition) is 5. The highest BCUT2D eigenvalue weighted by molar-refractivity contribution is 5.97. The molecule has 2 amide bonds. The number of nitrogens with two attached hydrogens (primary N) is 1. The van der Waals surface area contributed by atoms with Crippen LogP contribution in [0.3, 0.4) is 0 Å². The molecule has 15 heteroatoms. The summed E-state index contributed by atoms with van der Waals surface area (Å²) < 4.78 is 19.0.